The number of aliphatic hydroxyl groups is 2. The first-order valence-electron chi connectivity index (χ1n) is 5.51. The lowest BCUT2D eigenvalue weighted by molar-refractivity contribution is 0.0572. The van der Waals surface area contributed by atoms with Crippen LogP contribution in [0.3, 0.4) is 0 Å². The van der Waals surface area contributed by atoms with Gasteiger partial charge in [0.15, 0.2) is 0 Å². The van der Waals surface area contributed by atoms with Crippen LogP contribution < -0.4 is 0 Å². The number of nitrogens with zero attached hydrogens (tertiary/aromatic N) is 1. The highest BCUT2D eigenvalue weighted by Gasteiger charge is 2.39. The zero-order chi connectivity index (χ0) is 15.1. The van der Waals surface area contributed by atoms with E-state index in [9.17, 15) is 23.4 Å². The molecule has 1 saturated heterocycles. The normalized spacial score (nSPS) is 24.0. The number of esters is 1. The Morgan fingerprint density at radius 2 is 2.00 bits per heavy atom. The highest BCUT2D eigenvalue weighted by molar-refractivity contribution is 9.11. The van der Waals surface area contributed by atoms with Crippen LogP contribution in [0.1, 0.15) is 9.67 Å². The van der Waals surface area contributed by atoms with Gasteiger partial charge in [-0.25, -0.2) is 13.2 Å². The van der Waals surface area contributed by atoms with E-state index in [4.69, 9.17) is 0 Å². The first-order chi connectivity index (χ1) is 9.27. The summed E-state index contributed by atoms with van der Waals surface area (Å²) < 4.78 is 30.6. The van der Waals surface area contributed by atoms with E-state index < -0.39 is 28.2 Å². The SMILES string of the molecule is COC(=O)c1cc(S(=O)(=O)N2CC(O)C(O)C2)c(Br)s1. The van der Waals surface area contributed by atoms with Crippen LogP contribution in [0, 0.1) is 0 Å². The summed E-state index contributed by atoms with van der Waals surface area (Å²) in [6.07, 6.45) is -2.22. The highest BCUT2D eigenvalue weighted by Crippen LogP contribution is 2.34. The zero-order valence-electron chi connectivity index (χ0n) is 10.3. The smallest absolute Gasteiger partial charge is 0.348 e. The number of hydrogen-bond acceptors (Lipinski definition) is 7. The van der Waals surface area contributed by atoms with E-state index in [0.717, 1.165) is 15.6 Å². The second-order valence-corrected chi connectivity index (χ2v) is 8.47. The van der Waals surface area contributed by atoms with E-state index in [-0.39, 0.29) is 26.6 Å². The predicted octanol–water partition coefficient (Wildman–Crippen LogP) is 0.0233. The molecular weight excluding hydrogens is 374 g/mol. The molecule has 0 aromatic carbocycles. The van der Waals surface area contributed by atoms with Gasteiger partial charge < -0.3 is 14.9 Å². The van der Waals surface area contributed by atoms with Gasteiger partial charge in [0.25, 0.3) is 0 Å². The third-order valence-corrected chi connectivity index (χ3v) is 6.95. The van der Waals surface area contributed by atoms with Gasteiger partial charge in [-0.3, -0.25) is 0 Å². The van der Waals surface area contributed by atoms with Gasteiger partial charge in [-0.05, 0) is 22.0 Å². The van der Waals surface area contributed by atoms with Crippen molar-refractivity contribution in [1.82, 2.24) is 4.31 Å². The standard InChI is InChI=1S/C10H12BrNO6S2/c1-18-10(15)7-2-8(9(11)19-7)20(16,17)12-3-5(13)6(14)4-12/h2,5-6,13-14H,3-4H2,1H3. The minimum absolute atomic E-state index is 0.0794. The van der Waals surface area contributed by atoms with E-state index in [1.54, 1.807) is 0 Å². The summed E-state index contributed by atoms with van der Waals surface area (Å²) in [4.78, 5) is 11.5. The zero-order valence-corrected chi connectivity index (χ0v) is 13.5. The lowest BCUT2D eigenvalue weighted by atomic mass is 10.3. The van der Waals surface area contributed by atoms with Gasteiger partial charge in [0, 0.05) is 13.1 Å². The molecule has 20 heavy (non-hydrogen) atoms. The molecular formula is C10H12BrNO6S2. The Kier molecular flexibility index (Phi) is 4.52. The number of rotatable bonds is 3. The van der Waals surface area contributed by atoms with Crippen LogP contribution in [0.25, 0.3) is 0 Å². The quantitative estimate of drug-likeness (QED) is 0.710. The van der Waals surface area contributed by atoms with Crippen molar-refractivity contribution in [2.45, 2.75) is 17.1 Å². The van der Waals surface area contributed by atoms with E-state index >= 15 is 0 Å². The number of methoxy groups -OCH3 is 1. The topological polar surface area (TPSA) is 104 Å². The number of carbonyl (C=O) groups excluding carboxylic acids is 1. The Balaban J connectivity index is 2.35. The number of halogens is 1. The van der Waals surface area contributed by atoms with Crippen molar-refractivity contribution >= 4 is 43.3 Å². The largest absolute Gasteiger partial charge is 0.465 e. The van der Waals surface area contributed by atoms with Gasteiger partial charge in [-0.1, -0.05) is 0 Å². The number of aliphatic hydroxyl groups excluding tert-OH is 2. The summed E-state index contributed by atoms with van der Waals surface area (Å²) in [5.41, 5.74) is 0. The highest BCUT2D eigenvalue weighted by atomic mass is 79.9. The number of sulfonamides is 1. The van der Waals surface area contributed by atoms with Crippen molar-refractivity contribution in [3.63, 3.8) is 0 Å². The maximum atomic E-state index is 12.4. The maximum Gasteiger partial charge on any atom is 0.348 e. The second kappa shape index (κ2) is 5.70. The van der Waals surface area contributed by atoms with Gasteiger partial charge in [0.2, 0.25) is 10.0 Å². The first-order valence-corrected chi connectivity index (χ1v) is 8.56. The van der Waals surface area contributed by atoms with E-state index in [0.29, 0.717) is 0 Å². The average molecular weight is 386 g/mol. The molecule has 0 radical (unpaired) electrons. The van der Waals surface area contributed by atoms with Gasteiger partial charge >= 0.3 is 5.97 Å². The van der Waals surface area contributed by atoms with Crippen LogP contribution in [0.2, 0.25) is 0 Å². The van der Waals surface area contributed by atoms with Crippen LogP contribution in [0.5, 0.6) is 0 Å². The maximum absolute atomic E-state index is 12.4. The fourth-order valence-electron chi connectivity index (χ4n) is 1.80. The van der Waals surface area contributed by atoms with E-state index in [1.165, 1.54) is 13.2 Å². The Bertz CT molecular complexity index is 618. The third-order valence-electron chi connectivity index (χ3n) is 2.89. The number of ether oxygens (including phenoxy) is 1. The van der Waals surface area contributed by atoms with Crippen molar-refractivity contribution in [3.05, 3.63) is 14.7 Å². The summed E-state index contributed by atoms with van der Waals surface area (Å²) in [5.74, 6) is -0.626. The molecule has 112 valence electrons. The molecule has 0 bridgehead atoms. The Hall–Kier alpha value is -0.520. The summed E-state index contributed by atoms with van der Waals surface area (Å²) in [5, 5.41) is 18.9. The number of thiophene rings is 1. The fraction of sp³-hybridized carbons (Fsp3) is 0.500. The van der Waals surface area contributed by atoms with Crippen LogP contribution in [-0.2, 0) is 14.8 Å². The number of carbonyl (C=O) groups is 1. The molecule has 10 heteroatoms. The van der Waals surface area contributed by atoms with Gasteiger partial charge in [0.1, 0.15) is 9.77 Å². The molecule has 1 aliphatic heterocycles. The molecule has 1 aromatic heterocycles. The summed E-state index contributed by atoms with van der Waals surface area (Å²) in [6.45, 7) is -0.362. The summed E-state index contributed by atoms with van der Waals surface area (Å²) in [6, 6.07) is 1.22. The van der Waals surface area contributed by atoms with Gasteiger partial charge in [-0.15, -0.1) is 11.3 Å². The Morgan fingerprint density at radius 3 is 2.50 bits per heavy atom. The number of hydrogen-bond donors (Lipinski definition) is 2. The fourth-order valence-corrected chi connectivity index (χ4v) is 5.71. The van der Waals surface area contributed by atoms with Crippen molar-refractivity contribution in [3.8, 4) is 0 Å². The molecule has 2 rings (SSSR count). The molecule has 0 spiro atoms. The van der Waals surface area contributed by atoms with Crippen molar-refractivity contribution < 1.29 is 28.2 Å². The Labute approximate surface area is 128 Å². The molecule has 2 unspecified atom stereocenters. The van der Waals surface area contributed by atoms with Crippen LogP contribution in [-0.4, -0.2) is 61.3 Å². The molecule has 2 N–H and O–H groups in total. The summed E-state index contributed by atoms with van der Waals surface area (Å²) >= 11 is 4.05. The minimum atomic E-state index is -3.89. The molecule has 0 aliphatic carbocycles. The van der Waals surface area contributed by atoms with Crippen LogP contribution in [0.4, 0.5) is 0 Å². The Morgan fingerprint density at radius 1 is 1.45 bits per heavy atom. The van der Waals surface area contributed by atoms with Crippen molar-refractivity contribution in [2.75, 3.05) is 20.2 Å². The second-order valence-electron chi connectivity index (χ2n) is 4.20. The van der Waals surface area contributed by atoms with Crippen molar-refractivity contribution in [2.24, 2.45) is 0 Å². The lowest BCUT2D eigenvalue weighted by Crippen LogP contribution is -2.29. The summed E-state index contributed by atoms with van der Waals surface area (Å²) in [7, 11) is -2.68. The molecule has 1 aliphatic rings. The van der Waals surface area contributed by atoms with Gasteiger partial charge in [-0.2, -0.15) is 4.31 Å². The molecule has 7 nitrogen and oxygen atoms in total. The molecule has 0 saturated carbocycles. The molecule has 2 atom stereocenters. The van der Waals surface area contributed by atoms with E-state index in [2.05, 4.69) is 20.7 Å². The molecule has 0 amide bonds. The van der Waals surface area contributed by atoms with Crippen molar-refractivity contribution in [1.29, 1.82) is 0 Å². The third kappa shape index (κ3) is 2.76. The van der Waals surface area contributed by atoms with E-state index in [1.807, 2.05) is 0 Å². The lowest BCUT2D eigenvalue weighted by Gasteiger charge is -2.14. The average Bonchev–Trinajstić information content (AvgIpc) is 2.93. The molecule has 1 fully saturated rings. The predicted molar refractivity (Wildman–Crippen MR) is 74.1 cm³/mol. The molecule has 1 aromatic rings. The molecule has 2 heterocycles. The number of β-amino-alcohol motifs (C(OH)–C–C–N with tert-alkyl or cyclic N) is 2. The monoisotopic (exact) mass is 385 g/mol. The first kappa shape index (κ1) is 15.9. The minimum Gasteiger partial charge on any atom is -0.465 e. The van der Waals surface area contributed by atoms with Crippen LogP contribution >= 0.6 is 27.3 Å². The van der Waals surface area contributed by atoms with Gasteiger partial charge in [0.05, 0.1) is 23.1 Å². The van der Waals surface area contributed by atoms with Crippen LogP contribution in [0.15, 0.2) is 14.7 Å².